The molecule has 4 aromatic rings. The van der Waals surface area contributed by atoms with Crippen LogP contribution >= 0.6 is 0 Å². The maximum atomic E-state index is 12.6. The van der Waals surface area contributed by atoms with E-state index >= 15 is 0 Å². The standard InChI is InChI=1S/C22H20N4O/c1-13-7-6-8-16-11-18(14(2)25-21(13)16)22(27)26-23-12-19-15(3)24-20-10-5-4-9-17(19)20/h4-12,24H,1-3H3,(H,26,27)/b23-12+. The zero-order valence-electron chi connectivity index (χ0n) is 15.5. The molecule has 0 aliphatic carbocycles. The van der Waals surface area contributed by atoms with E-state index in [9.17, 15) is 4.79 Å². The molecule has 5 nitrogen and oxygen atoms in total. The normalized spacial score (nSPS) is 11.5. The fourth-order valence-electron chi connectivity index (χ4n) is 3.35. The first-order valence-electron chi connectivity index (χ1n) is 8.82. The molecule has 134 valence electrons. The van der Waals surface area contributed by atoms with Gasteiger partial charge in [0.15, 0.2) is 0 Å². The Labute approximate surface area is 157 Å². The zero-order valence-corrected chi connectivity index (χ0v) is 15.5. The van der Waals surface area contributed by atoms with Crippen molar-refractivity contribution in [3.8, 4) is 0 Å². The minimum atomic E-state index is -0.267. The molecule has 0 fully saturated rings. The van der Waals surface area contributed by atoms with Gasteiger partial charge in [0.2, 0.25) is 0 Å². The highest BCUT2D eigenvalue weighted by Crippen LogP contribution is 2.21. The molecular weight excluding hydrogens is 336 g/mol. The molecule has 0 saturated carbocycles. The molecule has 0 aliphatic rings. The van der Waals surface area contributed by atoms with Gasteiger partial charge in [0.25, 0.3) is 5.91 Å². The van der Waals surface area contributed by atoms with Crippen LogP contribution in [0.5, 0.6) is 0 Å². The number of nitrogens with one attached hydrogen (secondary N) is 2. The number of amides is 1. The number of aryl methyl sites for hydroxylation is 3. The van der Waals surface area contributed by atoms with E-state index in [1.807, 2.05) is 69.3 Å². The van der Waals surface area contributed by atoms with Gasteiger partial charge in [0.05, 0.1) is 23.0 Å². The monoisotopic (exact) mass is 356 g/mol. The number of rotatable bonds is 3. The molecular formula is C22H20N4O. The van der Waals surface area contributed by atoms with Crippen molar-refractivity contribution in [2.75, 3.05) is 0 Å². The number of aromatic nitrogens is 2. The molecule has 0 atom stereocenters. The summed E-state index contributed by atoms with van der Waals surface area (Å²) in [6, 6.07) is 15.8. The molecule has 4 rings (SSSR count). The van der Waals surface area contributed by atoms with Gasteiger partial charge in [-0.05, 0) is 38.5 Å². The van der Waals surface area contributed by atoms with E-state index in [1.165, 1.54) is 0 Å². The lowest BCUT2D eigenvalue weighted by Crippen LogP contribution is -2.19. The third kappa shape index (κ3) is 3.08. The summed E-state index contributed by atoms with van der Waals surface area (Å²) < 4.78 is 0. The van der Waals surface area contributed by atoms with Crippen LogP contribution in [0.25, 0.3) is 21.8 Å². The van der Waals surface area contributed by atoms with Gasteiger partial charge in [0.1, 0.15) is 0 Å². The minimum Gasteiger partial charge on any atom is -0.358 e. The van der Waals surface area contributed by atoms with Crippen molar-refractivity contribution in [1.29, 1.82) is 0 Å². The first-order valence-corrected chi connectivity index (χ1v) is 8.82. The van der Waals surface area contributed by atoms with E-state index in [1.54, 1.807) is 6.21 Å². The lowest BCUT2D eigenvalue weighted by atomic mass is 10.1. The Morgan fingerprint density at radius 1 is 1.11 bits per heavy atom. The topological polar surface area (TPSA) is 70.1 Å². The van der Waals surface area contributed by atoms with Crippen molar-refractivity contribution in [1.82, 2.24) is 15.4 Å². The largest absolute Gasteiger partial charge is 0.358 e. The Morgan fingerprint density at radius 3 is 2.78 bits per heavy atom. The Balaban J connectivity index is 1.61. The number of para-hydroxylation sites is 2. The number of hydrazone groups is 1. The molecule has 0 radical (unpaired) electrons. The van der Waals surface area contributed by atoms with Crippen molar-refractivity contribution in [3.05, 3.63) is 76.6 Å². The van der Waals surface area contributed by atoms with Crippen LogP contribution in [0.4, 0.5) is 0 Å². The SMILES string of the molecule is Cc1nc2c(C)cccc2cc1C(=O)N/N=C/c1c(C)[nH]c2ccccc12. The summed E-state index contributed by atoms with van der Waals surface area (Å²) in [6.07, 6.45) is 1.68. The molecule has 0 unspecified atom stereocenters. The number of hydrogen-bond donors (Lipinski definition) is 2. The quantitative estimate of drug-likeness (QED) is 0.422. The minimum absolute atomic E-state index is 0.267. The van der Waals surface area contributed by atoms with Gasteiger partial charge in [-0.2, -0.15) is 5.10 Å². The van der Waals surface area contributed by atoms with E-state index in [0.717, 1.165) is 38.6 Å². The predicted molar refractivity (Wildman–Crippen MR) is 109 cm³/mol. The second-order valence-electron chi connectivity index (χ2n) is 6.68. The van der Waals surface area contributed by atoms with Gasteiger partial charge < -0.3 is 4.98 Å². The molecule has 2 N–H and O–H groups in total. The van der Waals surface area contributed by atoms with Crippen molar-refractivity contribution in [3.63, 3.8) is 0 Å². The van der Waals surface area contributed by atoms with Crippen LogP contribution in [0, 0.1) is 20.8 Å². The number of pyridine rings is 1. The molecule has 1 amide bonds. The van der Waals surface area contributed by atoms with Crippen molar-refractivity contribution < 1.29 is 4.79 Å². The smallest absolute Gasteiger partial charge is 0.273 e. The van der Waals surface area contributed by atoms with Crippen LogP contribution in [0.1, 0.15) is 32.9 Å². The number of benzene rings is 2. The molecule has 0 spiro atoms. The van der Waals surface area contributed by atoms with Crippen LogP contribution < -0.4 is 5.43 Å². The number of aromatic amines is 1. The van der Waals surface area contributed by atoms with Gasteiger partial charge in [0, 0.05) is 27.5 Å². The molecule has 0 bridgehead atoms. The molecule has 0 aliphatic heterocycles. The van der Waals surface area contributed by atoms with E-state index in [2.05, 4.69) is 20.5 Å². The molecule has 2 heterocycles. The lowest BCUT2D eigenvalue weighted by Gasteiger charge is -2.07. The summed E-state index contributed by atoms with van der Waals surface area (Å²) in [5.41, 5.74) is 8.88. The number of hydrogen-bond acceptors (Lipinski definition) is 3. The summed E-state index contributed by atoms with van der Waals surface area (Å²) in [5, 5.41) is 6.19. The maximum absolute atomic E-state index is 12.6. The summed E-state index contributed by atoms with van der Waals surface area (Å²) in [4.78, 5) is 20.5. The number of carbonyl (C=O) groups is 1. The van der Waals surface area contributed by atoms with E-state index in [0.29, 0.717) is 11.3 Å². The van der Waals surface area contributed by atoms with Crippen molar-refractivity contribution in [2.45, 2.75) is 20.8 Å². The summed E-state index contributed by atoms with van der Waals surface area (Å²) in [7, 11) is 0. The first-order chi connectivity index (χ1) is 13.0. The number of fused-ring (bicyclic) bond motifs is 2. The average Bonchev–Trinajstić information content (AvgIpc) is 2.97. The molecule has 5 heteroatoms. The Hall–Kier alpha value is -3.47. The third-order valence-electron chi connectivity index (χ3n) is 4.79. The zero-order chi connectivity index (χ0) is 19.0. The van der Waals surface area contributed by atoms with E-state index in [-0.39, 0.29) is 5.91 Å². The van der Waals surface area contributed by atoms with Crippen LogP contribution in [0.3, 0.4) is 0 Å². The summed E-state index contributed by atoms with van der Waals surface area (Å²) >= 11 is 0. The molecule has 0 saturated heterocycles. The molecule has 27 heavy (non-hydrogen) atoms. The third-order valence-corrected chi connectivity index (χ3v) is 4.79. The van der Waals surface area contributed by atoms with Crippen molar-refractivity contribution in [2.24, 2.45) is 5.10 Å². The lowest BCUT2D eigenvalue weighted by molar-refractivity contribution is 0.0954. The molecule has 2 aromatic carbocycles. The maximum Gasteiger partial charge on any atom is 0.273 e. The number of nitrogens with zero attached hydrogens (tertiary/aromatic N) is 2. The van der Waals surface area contributed by atoms with Gasteiger partial charge in [-0.25, -0.2) is 5.43 Å². The van der Waals surface area contributed by atoms with E-state index < -0.39 is 0 Å². The van der Waals surface area contributed by atoms with Crippen LogP contribution in [0.15, 0.2) is 53.6 Å². The highest BCUT2D eigenvalue weighted by molar-refractivity contribution is 6.02. The Bertz CT molecular complexity index is 1200. The van der Waals surface area contributed by atoms with E-state index in [4.69, 9.17) is 0 Å². The summed E-state index contributed by atoms with van der Waals surface area (Å²) in [5.74, 6) is -0.267. The Kier molecular flexibility index (Phi) is 4.20. The van der Waals surface area contributed by atoms with Crippen LogP contribution in [0.2, 0.25) is 0 Å². The fourth-order valence-corrected chi connectivity index (χ4v) is 3.35. The number of carbonyl (C=O) groups excluding carboxylic acids is 1. The second-order valence-corrected chi connectivity index (χ2v) is 6.68. The highest BCUT2D eigenvalue weighted by Gasteiger charge is 2.12. The van der Waals surface area contributed by atoms with Crippen molar-refractivity contribution >= 4 is 33.9 Å². The first kappa shape index (κ1) is 17.0. The second kappa shape index (κ2) is 6.68. The fraction of sp³-hybridized carbons (Fsp3) is 0.136. The van der Waals surface area contributed by atoms with Crippen LogP contribution in [-0.4, -0.2) is 22.1 Å². The average molecular weight is 356 g/mol. The van der Waals surface area contributed by atoms with Crippen LogP contribution in [-0.2, 0) is 0 Å². The summed E-state index contributed by atoms with van der Waals surface area (Å²) in [6.45, 7) is 5.85. The van der Waals surface area contributed by atoms with Gasteiger partial charge in [-0.3, -0.25) is 9.78 Å². The van der Waals surface area contributed by atoms with Gasteiger partial charge >= 0.3 is 0 Å². The highest BCUT2D eigenvalue weighted by atomic mass is 16.2. The Morgan fingerprint density at radius 2 is 1.93 bits per heavy atom. The van der Waals surface area contributed by atoms with Gasteiger partial charge in [-0.15, -0.1) is 0 Å². The number of H-pyrrole nitrogens is 1. The van der Waals surface area contributed by atoms with Gasteiger partial charge in [-0.1, -0.05) is 36.4 Å². The molecule has 2 aromatic heterocycles. The predicted octanol–water partition coefficient (Wildman–Crippen LogP) is 4.41.